The van der Waals surface area contributed by atoms with Gasteiger partial charge < -0.3 is 4.90 Å². The Balaban J connectivity index is 0.000000251. The third-order valence-corrected chi connectivity index (χ3v) is 4.44. The van der Waals surface area contributed by atoms with Crippen LogP contribution in [0.15, 0.2) is 30.8 Å². The molecule has 1 heterocycles. The van der Waals surface area contributed by atoms with E-state index in [4.69, 9.17) is 0 Å². The number of benzene rings is 1. The maximum absolute atomic E-state index is 11.7. The lowest BCUT2D eigenvalue weighted by Gasteiger charge is -2.22. The lowest BCUT2D eigenvalue weighted by Crippen LogP contribution is -2.31. The first-order valence-electron chi connectivity index (χ1n) is 9.65. The van der Waals surface area contributed by atoms with Gasteiger partial charge >= 0.3 is 0 Å². The minimum absolute atomic E-state index is 0.128. The van der Waals surface area contributed by atoms with Gasteiger partial charge in [-0.05, 0) is 42.2 Å². The lowest BCUT2D eigenvalue weighted by molar-refractivity contribution is -0.132. The van der Waals surface area contributed by atoms with E-state index in [1.54, 1.807) is 0 Å². The van der Waals surface area contributed by atoms with Crippen molar-refractivity contribution < 1.29 is 4.79 Å². The Kier molecular flexibility index (Phi) is 8.41. The first kappa shape index (κ1) is 21.5. The molecule has 0 N–H and O–H groups in total. The number of carbonyl (C=O) groups excluding carboxylic acids is 1. The molecule has 1 aliphatic rings. The fourth-order valence-electron chi connectivity index (χ4n) is 2.97. The van der Waals surface area contributed by atoms with Gasteiger partial charge in [-0.2, -0.15) is 0 Å². The fraction of sp³-hybridized carbons (Fsp3) is 0.609. The van der Waals surface area contributed by atoms with E-state index in [0.717, 1.165) is 18.7 Å². The highest BCUT2D eigenvalue weighted by Gasteiger charge is 2.26. The van der Waals surface area contributed by atoms with Crippen molar-refractivity contribution >= 4 is 11.5 Å². The van der Waals surface area contributed by atoms with Crippen LogP contribution in [0.3, 0.4) is 0 Å². The van der Waals surface area contributed by atoms with E-state index in [1.807, 2.05) is 11.8 Å². The largest absolute Gasteiger partial charge is 0.342 e. The predicted octanol–water partition coefficient (Wildman–Crippen LogP) is 5.96. The molecule has 0 radical (unpaired) electrons. The summed E-state index contributed by atoms with van der Waals surface area (Å²) in [6, 6.07) is 8.67. The average Bonchev–Trinajstić information content (AvgIpc) is 2.94. The van der Waals surface area contributed by atoms with Crippen LogP contribution < -0.4 is 0 Å². The van der Waals surface area contributed by atoms with Crippen LogP contribution in [0.1, 0.15) is 71.9 Å². The summed E-state index contributed by atoms with van der Waals surface area (Å²) in [7, 11) is 0. The van der Waals surface area contributed by atoms with Gasteiger partial charge in [0.1, 0.15) is 0 Å². The number of hydrogen-bond donors (Lipinski definition) is 0. The second-order valence-electron chi connectivity index (χ2n) is 8.70. The standard InChI is InChI=1S/C12H16.C11H21NO/c1-4-5-11-6-8-12(9-7-11)10(2)3;1-9-5-6-12(8-9)10(13)7-11(2,3)4/h6-9H,2,4-5H2,1,3H3;9H,5-8H2,1-4H3. The highest BCUT2D eigenvalue weighted by molar-refractivity contribution is 5.77. The van der Waals surface area contributed by atoms with Crippen LogP contribution in [0.25, 0.3) is 5.57 Å². The van der Waals surface area contributed by atoms with Gasteiger partial charge in [-0.3, -0.25) is 4.79 Å². The third kappa shape index (κ3) is 8.38. The zero-order valence-electron chi connectivity index (χ0n) is 17.2. The minimum Gasteiger partial charge on any atom is -0.342 e. The molecule has 25 heavy (non-hydrogen) atoms. The van der Waals surface area contributed by atoms with Crippen LogP contribution in [0, 0.1) is 11.3 Å². The average molecular weight is 344 g/mol. The van der Waals surface area contributed by atoms with Gasteiger partial charge in [0.25, 0.3) is 0 Å². The number of carbonyl (C=O) groups is 1. The molecule has 1 amide bonds. The van der Waals surface area contributed by atoms with Crippen LogP contribution in [-0.4, -0.2) is 23.9 Å². The minimum atomic E-state index is 0.128. The van der Waals surface area contributed by atoms with Crippen molar-refractivity contribution in [1.29, 1.82) is 0 Å². The molecular formula is C23H37NO. The highest BCUT2D eigenvalue weighted by atomic mass is 16.2. The summed E-state index contributed by atoms with van der Waals surface area (Å²) in [5.74, 6) is 1.03. The van der Waals surface area contributed by atoms with E-state index >= 15 is 0 Å². The number of rotatable bonds is 4. The number of nitrogens with zero attached hydrogens (tertiary/aromatic N) is 1. The maximum Gasteiger partial charge on any atom is 0.223 e. The molecule has 2 heteroatoms. The predicted molar refractivity (Wildman–Crippen MR) is 110 cm³/mol. The smallest absolute Gasteiger partial charge is 0.223 e. The van der Waals surface area contributed by atoms with Crippen LogP contribution in [0.2, 0.25) is 0 Å². The Bertz CT molecular complexity index is 550. The van der Waals surface area contributed by atoms with Crippen molar-refractivity contribution in [2.45, 2.75) is 67.2 Å². The van der Waals surface area contributed by atoms with E-state index in [1.165, 1.54) is 30.4 Å². The number of aryl methyl sites for hydroxylation is 1. The molecule has 1 unspecified atom stereocenters. The zero-order valence-corrected chi connectivity index (χ0v) is 17.2. The molecule has 2 rings (SSSR count). The Morgan fingerprint density at radius 3 is 2.24 bits per heavy atom. The van der Waals surface area contributed by atoms with Crippen LogP contribution in [-0.2, 0) is 11.2 Å². The van der Waals surface area contributed by atoms with Gasteiger partial charge in [0.2, 0.25) is 5.91 Å². The van der Waals surface area contributed by atoms with Crippen LogP contribution >= 0.6 is 0 Å². The number of hydrogen-bond acceptors (Lipinski definition) is 1. The molecule has 1 aromatic rings. The SMILES string of the molecule is C=C(C)c1ccc(CCC)cc1.CC1CCN(C(=O)CC(C)(C)C)C1. The maximum atomic E-state index is 11.7. The molecule has 0 spiro atoms. The Hall–Kier alpha value is -1.57. The summed E-state index contributed by atoms with van der Waals surface area (Å²) < 4.78 is 0. The zero-order chi connectivity index (χ0) is 19.0. The van der Waals surface area contributed by atoms with E-state index < -0.39 is 0 Å². The first-order valence-corrected chi connectivity index (χ1v) is 9.65. The summed E-state index contributed by atoms with van der Waals surface area (Å²) in [6.45, 7) is 18.6. The molecule has 2 nitrogen and oxygen atoms in total. The van der Waals surface area contributed by atoms with Gasteiger partial charge in [0.05, 0.1) is 0 Å². The Morgan fingerprint density at radius 1 is 1.24 bits per heavy atom. The van der Waals surface area contributed by atoms with E-state index in [0.29, 0.717) is 18.2 Å². The molecule has 1 fully saturated rings. The van der Waals surface area contributed by atoms with Gasteiger partial charge in [-0.15, -0.1) is 0 Å². The van der Waals surface area contributed by atoms with Gasteiger partial charge in [-0.1, -0.05) is 77.5 Å². The second kappa shape index (κ2) is 9.79. The van der Waals surface area contributed by atoms with Crippen LogP contribution in [0.5, 0.6) is 0 Å². The summed E-state index contributed by atoms with van der Waals surface area (Å²) in [5.41, 5.74) is 3.93. The number of allylic oxidation sites excluding steroid dienone is 1. The monoisotopic (exact) mass is 343 g/mol. The molecule has 0 bridgehead atoms. The first-order chi connectivity index (χ1) is 11.6. The fourth-order valence-corrected chi connectivity index (χ4v) is 2.97. The Labute approximate surface area is 155 Å². The number of likely N-dealkylation sites (tertiary alicyclic amines) is 1. The Morgan fingerprint density at radius 2 is 1.84 bits per heavy atom. The van der Waals surface area contributed by atoms with E-state index in [9.17, 15) is 4.79 Å². The van der Waals surface area contributed by atoms with Gasteiger partial charge in [-0.25, -0.2) is 0 Å². The van der Waals surface area contributed by atoms with Gasteiger partial charge in [0.15, 0.2) is 0 Å². The second-order valence-corrected chi connectivity index (χ2v) is 8.70. The summed E-state index contributed by atoms with van der Waals surface area (Å²) in [5, 5.41) is 0. The van der Waals surface area contributed by atoms with Crippen molar-refractivity contribution in [3.8, 4) is 0 Å². The topological polar surface area (TPSA) is 20.3 Å². The van der Waals surface area contributed by atoms with E-state index in [-0.39, 0.29) is 5.41 Å². The molecule has 1 aromatic carbocycles. The van der Waals surface area contributed by atoms with Crippen molar-refractivity contribution in [3.63, 3.8) is 0 Å². The summed E-state index contributed by atoms with van der Waals surface area (Å²) in [6.07, 6.45) is 4.25. The molecule has 140 valence electrons. The molecular weight excluding hydrogens is 306 g/mol. The van der Waals surface area contributed by atoms with Gasteiger partial charge in [0, 0.05) is 19.5 Å². The summed E-state index contributed by atoms with van der Waals surface area (Å²) >= 11 is 0. The van der Waals surface area contributed by atoms with E-state index in [2.05, 4.69) is 65.5 Å². The normalized spacial score (nSPS) is 17.0. The number of amides is 1. The van der Waals surface area contributed by atoms with Crippen LogP contribution in [0.4, 0.5) is 0 Å². The van der Waals surface area contributed by atoms with Crippen molar-refractivity contribution in [2.24, 2.45) is 11.3 Å². The van der Waals surface area contributed by atoms with Crippen molar-refractivity contribution in [2.75, 3.05) is 13.1 Å². The van der Waals surface area contributed by atoms with Crippen molar-refractivity contribution in [3.05, 3.63) is 42.0 Å². The lowest BCUT2D eigenvalue weighted by atomic mass is 9.92. The van der Waals surface area contributed by atoms with Crippen molar-refractivity contribution in [1.82, 2.24) is 4.90 Å². The molecule has 0 aromatic heterocycles. The molecule has 1 aliphatic heterocycles. The molecule has 0 aliphatic carbocycles. The molecule has 0 saturated carbocycles. The third-order valence-electron chi connectivity index (χ3n) is 4.44. The highest BCUT2D eigenvalue weighted by Crippen LogP contribution is 2.23. The molecule has 1 saturated heterocycles. The molecule has 1 atom stereocenters. The summed E-state index contributed by atoms with van der Waals surface area (Å²) in [4.78, 5) is 13.7. The quantitative estimate of drug-likeness (QED) is 0.660.